The van der Waals surface area contributed by atoms with Crippen molar-refractivity contribution in [2.24, 2.45) is 0 Å². The number of nitrogens with zero attached hydrogens (tertiary/aromatic N) is 3. The average molecular weight is 466 g/mol. The van der Waals surface area contributed by atoms with E-state index < -0.39 is 5.97 Å². The Hall–Kier alpha value is -2.09. The van der Waals surface area contributed by atoms with Gasteiger partial charge < -0.3 is 14.4 Å². The molecule has 0 spiro atoms. The average Bonchev–Trinajstić information content (AvgIpc) is 3.14. The van der Waals surface area contributed by atoms with Crippen LogP contribution in [-0.4, -0.2) is 45.8 Å². The Labute approximate surface area is 191 Å². The first kappa shape index (κ1) is 22.1. The third kappa shape index (κ3) is 4.31. The lowest BCUT2D eigenvalue weighted by atomic mass is 9.98. The van der Waals surface area contributed by atoms with Crippen LogP contribution in [0.2, 0.25) is 10.0 Å². The van der Waals surface area contributed by atoms with Gasteiger partial charge in [-0.05, 0) is 51.3 Å². The molecule has 166 valence electrons. The van der Waals surface area contributed by atoms with Gasteiger partial charge in [-0.15, -0.1) is 0 Å². The van der Waals surface area contributed by atoms with Crippen molar-refractivity contribution < 1.29 is 19.1 Å². The fraction of sp³-hybridized carbons (Fsp3) is 0.500. The molecule has 1 saturated heterocycles. The van der Waals surface area contributed by atoms with Crippen molar-refractivity contribution in [3.8, 4) is 0 Å². The molecule has 0 saturated carbocycles. The van der Waals surface area contributed by atoms with Gasteiger partial charge in [-0.25, -0.2) is 9.48 Å². The summed E-state index contributed by atoms with van der Waals surface area (Å²) in [6.07, 6.45) is 3.28. The van der Waals surface area contributed by atoms with Crippen LogP contribution >= 0.6 is 23.2 Å². The van der Waals surface area contributed by atoms with Gasteiger partial charge >= 0.3 is 5.97 Å². The van der Waals surface area contributed by atoms with Crippen molar-refractivity contribution in [1.29, 1.82) is 0 Å². The van der Waals surface area contributed by atoms with Gasteiger partial charge in [0.15, 0.2) is 5.69 Å². The maximum absolute atomic E-state index is 13.3. The van der Waals surface area contributed by atoms with E-state index in [1.54, 1.807) is 30.0 Å². The fourth-order valence-corrected chi connectivity index (χ4v) is 4.49. The lowest BCUT2D eigenvalue weighted by Crippen LogP contribution is -2.43. The van der Waals surface area contributed by atoms with E-state index in [1.165, 1.54) is 0 Å². The fourth-order valence-electron chi connectivity index (χ4n) is 4.19. The molecule has 1 aromatic heterocycles. The Balaban J connectivity index is 1.70. The maximum atomic E-state index is 13.3. The smallest absolute Gasteiger partial charge is 0.359 e. The molecule has 3 heterocycles. The zero-order valence-electron chi connectivity index (χ0n) is 17.6. The van der Waals surface area contributed by atoms with E-state index >= 15 is 0 Å². The van der Waals surface area contributed by atoms with Gasteiger partial charge in [0.2, 0.25) is 0 Å². The number of fused-ring (bicyclic) bond motifs is 1. The highest BCUT2D eigenvalue weighted by Crippen LogP contribution is 2.33. The van der Waals surface area contributed by atoms with Crippen LogP contribution in [0, 0.1) is 0 Å². The van der Waals surface area contributed by atoms with Gasteiger partial charge in [0.05, 0.1) is 23.2 Å². The number of esters is 1. The highest BCUT2D eigenvalue weighted by molar-refractivity contribution is 6.42. The molecule has 9 heteroatoms. The predicted molar refractivity (Wildman–Crippen MR) is 117 cm³/mol. The molecule has 0 N–H and O–H groups in total. The molecule has 1 aromatic carbocycles. The Kier molecular flexibility index (Phi) is 6.55. The number of carbonyl (C=O) groups is 2. The first-order valence-corrected chi connectivity index (χ1v) is 11.3. The molecule has 0 radical (unpaired) electrons. The van der Waals surface area contributed by atoms with Gasteiger partial charge in [0, 0.05) is 35.9 Å². The number of rotatable bonds is 4. The zero-order valence-corrected chi connectivity index (χ0v) is 19.1. The van der Waals surface area contributed by atoms with Crippen LogP contribution < -0.4 is 0 Å². The monoisotopic (exact) mass is 465 g/mol. The highest BCUT2D eigenvalue weighted by atomic mass is 35.5. The number of aromatic nitrogens is 2. The molecule has 2 aliphatic heterocycles. The predicted octanol–water partition coefficient (Wildman–Crippen LogP) is 4.65. The molecule has 0 aliphatic carbocycles. The molecule has 2 atom stereocenters. The lowest BCUT2D eigenvalue weighted by molar-refractivity contribution is -0.0420. The van der Waals surface area contributed by atoms with Crippen LogP contribution in [0.15, 0.2) is 18.2 Å². The molecule has 0 bridgehead atoms. The standard InChI is InChI=1S/C22H25Cl2N3O4/c1-3-30-22(29)20-15-12-26(21(28)14-7-8-16(23)17(24)11-14)13(2)10-18(15)27(25-20)19-6-4-5-9-31-19/h7-8,11,13,19H,3-6,9-10,12H2,1-2H3/t13-,19?/m1/s1. The number of hydrogen-bond acceptors (Lipinski definition) is 5. The van der Waals surface area contributed by atoms with E-state index in [1.807, 2.05) is 11.6 Å². The van der Waals surface area contributed by atoms with E-state index in [9.17, 15) is 9.59 Å². The van der Waals surface area contributed by atoms with Crippen LogP contribution in [0.5, 0.6) is 0 Å². The van der Waals surface area contributed by atoms with E-state index in [0.717, 1.165) is 30.5 Å². The highest BCUT2D eigenvalue weighted by Gasteiger charge is 2.36. The molecule has 2 aromatic rings. The quantitative estimate of drug-likeness (QED) is 0.614. The summed E-state index contributed by atoms with van der Waals surface area (Å²) in [5.74, 6) is -0.655. The minimum Gasteiger partial charge on any atom is -0.461 e. The number of ether oxygens (including phenoxy) is 2. The van der Waals surface area contributed by atoms with E-state index in [2.05, 4.69) is 5.10 Å². The van der Waals surface area contributed by atoms with Crippen LogP contribution in [0.3, 0.4) is 0 Å². The molecular formula is C22H25Cl2N3O4. The summed E-state index contributed by atoms with van der Waals surface area (Å²) in [4.78, 5) is 27.6. The number of amides is 1. The van der Waals surface area contributed by atoms with E-state index in [4.69, 9.17) is 32.7 Å². The minimum absolute atomic E-state index is 0.0939. The molecule has 1 unspecified atom stereocenters. The summed E-state index contributed by atoms with van der Waals surface area (Å²) in [5, 5.41) is 5.32. The Morgan fingerprint density at radius 3 is 2.74 bits per heavy atom. The SMILES string of the molecule is CCOC(=O)c1nn(C2CCCCO2)c2c1CN(C(=O)c1ccc(Cl)c(Cl)c1)[C@H](C)C2. The zero-order chi connectivity index (χ0) is 22.1. The van der Waals surface area contributed by atoms with E-state index in [-0.39, 0.29) is 37.0 Å². The Morgan fingerprint density at radius 1 is 1.26 bits per heavy atom. The molecule has 4 rings (SSSR count). The van der Waals surface area contributed by atoms with Gasteiger partial charge in [-0.1, -0.05) is 23.2 Å². The normalized spacial score (nSPS) is 21.0. The van der Waals surface area contributed by atoms with Crippen molar-refractivity contribution in [3.63, 3.8) is 0 Å². The molecule has 1 fully saturated rings. The molecule has 31 heavy (non-hydrogen) atoms. The molecule has 2 aliphatic rings. The minimum atomic E-state index is -0.482. The third-order valence-electron chi connectivity index (χ3n) is 5.79. The summed E-state index contributed by atoms with van der Waals surface area (Å²) in [5.41, 5.74) is 2.36. The lowest BCUT2D eigenvalue weighted by Gasteiger charge is -2.35. The van der Waals surface area contributed by atoms with Crippen molar-refractivity contribution >= 4 is 35.1 Å². The van der Waals surface area contributed by atoms with Crippen molar-refractivity contribution in [3.05, 3.63) is 50.8 Å². The van der Waals surface area contributed by atoms with Crippen LogP contribution in [0.25, 0.3) is 0 Å². The molecule has 7 nitrogen and oxygen atoms in total. The summed E-state index contributed by atoms with van der Waals surface area (Å²) < 4.78 is 13.0. The summed E-state index contributed by atoms with van der Waals surface area (Å²) in [6, 6.07) is 4.74. The van der Waals surface area contributed by atoms with Gasteiger partial charge in [0.25, 0.3) is 5.91 Å². The van der Waals surface area contributed by atoms with Gasteiger partial charge in [0.1, 0.15) is 6.23 Å². The van der Waals surface area contributed by atoms with Crippen LogP contribution in [0.1, 0.15) is 71.4 Å². The number of benzene rings is 1. The third-order valence-corrected chi connectivity index (χ3v) is 6.53. The van der Waals surface area contributed by atoms with Crippen LogP contribution in [-0.2, 0) is 22.4 Å². The summed E-state index contributed by atoms with van der Waals surface area (Å²) in [7, 11) is 0. The van der Waals surface area contributed by atoms with Crippen LogP contribution in [0.4, 0.5) is 0 Å². The van der Waals surface area contributed by atoms with Crippen molar-refractivity contribution in [2.75, 3.05) is 13.2 Å². The van der Waals surface area contributed by atoms with Gasteiger partial charge in [-0.2, -0.15) is 5.10 Å². The first-order chi connectivity index (χ1) is 14.9. The molecule has 1 amide bonds. The summed E-state index contributed by atoms with van der Waals surface area (Å²) in [6.45, 7) is 4.93. The Bertz CT molecular complexity index is 1000. The topological polar surface area (TPSA) is 73.7 Å². The Morgan fingerprint density at radius 2 is 2.06 bits per heavy atom. The number of carbonyl (C=O) groups excluding carboxylic acids is 2. The molecular weight excluding hydrogens is 441 g/mol. The van der Waals surface area contributed by atoms with Crippen molar-refractivity contribution in [1.82, 2.24) is 14.7 Å². The van der Waals surface area contributed by atoms with Gasteiger partial charge in [-0.3, -0.25) is 4.79 Å². The second-order valence-electron chi connectivity index (χ2n) is 7.88. The van der Waals surface area contributed by atoms with E-state index in [0.29, 0.717) is 28.6 Å². The second kappa shape index (κ2) is 9.18. The summed E-state index contributed by atoms with van der Waals surface area (Å²) >= 11 is 12.1. The number of hydrogen-bond donors (Lipinski definition) is 0. The van der Waals surface area contributed by atoms with Crippen molar-refractivity contribution in [2.45, 2.75) is 58.3 Å². The largest absolute Gasteiger partial charge is 0.461 e. The first-order valence-electron chi connectivity index (χ1n) is 10.6. The maximum Gasteiger partial charge on any atom is 0.359 e. The second-order valence-corrected chi connectivity index (χ2v) is 8.69. The number of halogens is 2.